The Morgan fingerprint density at radius 1 is 1.38 bits per heavy atom. The van der Waals surface area contributed by atoms with Crippen molar-refractivity contribution in [2.24, 2.45) is 5.41 Å². The van der Waals surface area contributed by atoms with Crippen LogP contribution < -0.4 is 0 Å². The van der Waals surface area contributed by atoms with Crippen LogP contribution in [0.25, 0.3) is 0 Å². The van der Waals surface area contributed by atoms with E-state index in [0.717, 1.165) is 0 Å². The molecule has 0 aromatic rings. The summed E-state index contributed by atoms with van der Waals surface area (Å²) in [5.41, 5.74) is -1.99. The van der Waals surface area contributed by atoms with Crippen LogP contribution in [0, 0.1) is 5.41 Å². The lowest BCUT2D eigenvalue weighted by Crippen LogP contribution is -2.54. The highest BCUT2D eigenvalue weighted by atomic mass is 19.4. The first-order chi connectivity index (χ1) is 5.81. The minimum atomic E-state index is -4.85. The predicted octanol–water partition coefficient (Wildman–Crippen LogP) is 1.16. The fourth-order valence-corrected chi connectivity index (χ4v) is 1.48. The molecule has 1 atom stereocenters. The van der Waals surface area contributed by atoms with Gasteiger partial charge in [-0.15, -0.1) is 0 Å². The number of carboxylic acids is 1. The molecule has 0 bridgehead atoms. The van der Waals surface area contributed by atoms with Crippen molar-refractivity contribution in [3.8, 4) is 0 Å². The molecule has 0 saturated heterocycles. The zero-order valence-corrected chi connectivity index (χ0v) is 6.64. The number of halogens is 3. The summed E-state index contributed by atoms with van der Waals surface area (Å²) in [5, 5.41) is 17.4. The molecule has 6 heteroatoms. The number of aliphatic hydroxyl groups excluding tert-OH is 1. The molecule has 13 heavy (non-hydrogen) atoms. The molecule has 0 aromatic heterocycles. The van der Waals surface area contributed by atoms with E-state index in [9.17, 15) is 18.0 Å². The van der Waals surface area contributed by atoms with Crippen LogP contribution in [0.5, 0.6) is 0 Å². The summed E-state index contributed by atoms with van der Waals surface area (Å²) in [6.07, 6.45) is -7.39. The summed E-state index contributed by atoms with van der Waals surface area (Å²) in [4.78, 5) is 10.5. The third kappa shape index (κ3) is 1.50. The summed E-state index contributed by atoms with van der Waals surface area (Å²) in [7, 11) is 0. The molecule has 2 N–H and O–H groups in total. The van der Waals surface area contributed by atoms with Gasteiger partial charge in [0.05, 0.1) is 0 Å². The van der Waals surface area contributed by atoms with Crippen LogP contribution in [0.15, 0.2) is 0 Å². The number of hydrogen-bond donors (Lipinski definition) is 2. The summed E-state index contributed by atoms with van der Waals surface area (Å²) in [5.74, 6) is -1.57. The van der Waals surface area contributed by atoms with Crippen molar-refractivity contribution in [1.82, 2.24) is 0 Å². The van der Waals surface area contributed by atoms with Crippen molar-refractivity contribution in [1.29, 1.82) is 0 Å². The normalized spacial score (nSPS) is 23.4. The number of rotatable bonds is 2. The highest BCUT2D eigenvalue weighted by Crippen LogP contribution is 2.48. The van der Waals surface area contributed by atoms with Crippen LogP contribution in [0.2, 0.25) is 0 Å². The van der Waals surface area contributed by atoms with E-state index in [1.54, 1.807) is 0 Å². The van der Waals surface area contributed by atoms with Crippen molar-refractivity contribution >= 4 is 5.97 Å². The molecule has 0 spiro atoms. The minimum Gasteiger partial charge on any atom is -0.481 e. The van der Waals surface area contributed by atoms with Crippen molar-refractivity contribution in [2.75, 3.05) is 0 Å². The zero-order chi connectivity index (χ0) is 10.3. The SMILES string of the molecule is O=C(O)C1(C(O)C(F)(F)F)CCC1. The molecule has 0 aliphatic heterocycles. The Balaban J connectivity index is 2.84. The quantitative estimate of drug-likeness (QED) is 0.700. The number of carbonyl (C=O) groups is 1. The fourth-order valence-electron chi connectivity index (χ4n) is 1.48. The van der Waals surface area contributed by atoms with Gasteiger partial charge in [0.1, 0.15) is 5.41 Å². The molecular formula is C7H9F3O3. The standard InChI is InChI=1S/C7H9F3O3/c8-7(9,10)4(11)6(5(12)13)2-1-3-6/h4,11H,1-3H2,(H,12,13). The van der Waals surface area contributed by atoms with Crippen LogP contribution in [-0.4, -0.2) is 28.5 Å². The Hall–Kier alpha value is -0.780. The topological polar surface area (TPSA) is 57.5 Å². The van der Waals surface area contributed by atoms with Crippen LogP contribution >= 0.6 is 0 Å². The number of alkyl halides is 3. The van der Waals surface area contributed by atoms with Gasteiger partial charge < -0.3 is 10.2 Å². The third-order valence-electron chi connectivity index (χ3n) is 2.51. The lowest BCUT2D eigenvalue weighted by molar-refractivity contribution is -0.253. The Morgan fingerprint density at radius 2 is 1.85 bits per heavy atom. The molecule has 0 amide bonds. The van der Waals surface area contributed by atoms with Gasteiger partial charge in [0.2, 0.25) is 0 Å². The van der Waals surface area contributed by atoms with Crippen molar-refractivity contribution < 1.29 is 28.2 Å². The molecule has 0 aromatic carbocycles. The first-order valence-corrected chi connectivity index (χ1v) is 3.79. The smallest absolute Gasteiger partial charge is 0.415 e. The summed E-state index contributed by atoms with van der Waals surface area (Å²) >= 11 is 0. The zero-order valence-electron chi connectivity index (χ0n) is 6.64. The van der Waals surface area contributed by atoms with E-state index in [2.05, 4.69) is 0 Å². The first-order valence-electron chi connectivity index (χ1n) is 3.79. The van der Waals surface area contributed by atoms with E-state index < -0.39 is 23.7 Å². The second-order valence-corrected chi connectivity index (χ2v) is 3.26. The number of hydrogen-bond acceptors (Lipinski definition) is 2. The average Bonchev–Trinajstić information content (AvgIpc) is 1.81. The van der Waals surface area contributed by atoms with Gasteiger partial charge in [-0.1, -0.05) is 6.42 Å². The van der Waals surface area contributed by atoms with Gasteiger partial charge in [-0.05, 0) is 12.8 Å². The predicted molar refractivity (Wildman–Crippen MR) is 36.0 cm³/mol. The molecule has 1 fully saturated rings. The number of carboxylic acid groups (broad SMARTS) is 1. The molecule has 0 radical (unpaired) electrons. The van der Waals surface area contributed by atoms with E-state index in [-0.39, 0.29) is 12.8 Å². The fraction of sp³-hybridized carbons (Fsp3) is 0.857. The first kappa shape index (κ1) is 10.3. The highest BCUT2D eigenvalue weighted by molar-refractivity contribution is 5.76. The molecule has 1 aliphatic rings. The van der Waals surface area contributed by atoms with Gasteiger partial charge in [0, 0.05) is 0 Å². The molecule has 1 unspecified atom stereocenters. The van der Waals surface area contributed by atoms with Gasteiger partial charge in [0.25, 0.3) is 0 Å². The van der Waals surface area contributed by atoms with Crippen LogP contribution in [0.3, 0.4) is 0 Å². The third-order valence-corrected chi connectivity index (χ3v) is 2.51. The maximum absolute atomic E-state index is 12.0. The van der Waals surface area contributed by atoms with Gasteiger partial charge in [0.15, 0.2) is 6.10 Å². The van der Waals surface area contributed by atoms with E-state index in [0.29, 0.717) is 6.42 Å². The minimum absolute atomic E-state index is 0.108. The highest BCUT2D eigenvalue weighted by Gasteiger charge is 2.60. The molecule has 0 heterocycles. The number of aliphatic carboxylic acids is 1. The summed E-state index contributed by atoms with van der Waals surface area (Å²) < 4.78 is 36.0. The molecule has 1 rings (SSSR count). The van der Waals surface area contributed by atoms with Crippen LogP contribution in [-0.2, 0) is 4.79 Å². The molecule has 1 saturated carbocycles. The van der Waals surface area contributed by atoms with Gasteiger partial charge in [-0.3, -0.25) is 4.79 Å². The molecule has 3 nitrogen and oxygen atoms in total. The van der Waals surface area contributed by atoms with E-state index in [4.69, 9.17) is 10.2 Å². The van der Waals surface area contributed by atoms with Crippen molar-refractivity contribution in [3.05, 3.63) is 0 Å². The Morgan fingerprint density at radius 3 is 1.92 bits per heavy atom. The monoisotopic (exact) mass is 198 g/mol. The van der Waals surface area contributed by atoms with Crippen molar-refractivity contribution in [2.45, 2.75) is 31.5 Å². The second kappa shape index (κ2) is 2.87. The van der Waals surface area contributed by atoms with Crippen LogP contribution in [0.4, 0.5) is 13.2 Å². The van der Waals surface area contributed by atoms with Crippen molar-refractivity contribution in [3.63, 3.8) is 0 Å². The largest absolute Gasteiger partial charge is 0.481 e. The maximum atomic E-state index is 12.0. The Kier molecular flexibility index (Phi) is 2.27. The van der Waals surface area contributed by atoms with E-state index in [1.807, 2.05) is 0 Å². The van der Waals surface area contributed by atoms with Gasteiger partial charge in [-0.2, -0.15) is 13.2 Å². The van der Waals surface area contributed by atoms with E-state index >= 15 is 0 Å². The Labute approximate surface area is 72.2 Å². The Bertz CT molecular complexity index is 220. The summed E-state index contributed by atoms with van der Waals surface area (Å²) in [6.45, 7) is 0. The lowest BCUT2D eigenvalue weighted by atomic mass is 9.65. The average molecular weight is 198 g/mol. The molecule has 76 valence electrons. The molecule has 1 aliphatic carbocycles. The number of aliphatic hydroxyl groups is 1. The maximum Gasteiger partial charge on any atom is 0.415 e. The van der Waals surface area contributed by atoms with E-state index in [1.165, 1.54) is 0 Å². The van der Waals surface area contributed by atoms with Crippen LogP contribution in [0.1, 0.15) is 19.3 Å². The lowest BCUT2D eigenvalue weighted by Gasteiger charge is -2.41. The van der Waals surface area contributed by atoms with Gasteiger partial charge in [-0.25, -0.2) is 0 Å². The van der Waals surface area contributed by atoms with Gasteiger partial charge >= 0.3 is 12.1 Å². The second-order valence-electron chi connectivity index (χ2n) is 3.26. The molecular weight excluding hydrogens is 189 g/mol. The summed E-state index contributed by atoms with van der Waals surface area (Å²) in [6, 6.07) is 0.